The summed E-state index contributed by atoms with van der Waals surface area (Å²) in [4.78, 5) is 0. The highest BCUT2D eigenvalue weighted by atomic mass is 32.1. The molecule has 0 bridgehead atoms. The van der Waals surface area contributed by atoms with Crippen molar-refractivity contribution in [1.82, 2.24) is 0 Å². The van der Waals surface area contributed by atoms with Crippen molar-refractivity contribution < 1.29 is 9.47 Å². The van der Waals surface area contributed by atoms with Crippen LogP contribution in [0.5, 0.6) is 5.75 Å². The van der Waals surface area contributed by atoms with Gasteiger partial charge >= 0.3 is 0 Å². The molecule has 0 aromatic heterocycles. The maximum Gasteiger partial charge on any atom is 0.159 e. The Bertz CT molecular complexity index is 488. The van der Waals surface area contributed by atoms with E-state index in [-0.39, 0.29) is 6.04 Å². The van der Waals surface area contributed by atoms with Gasteiger partial charge in [-0.1, -0.05) is 12.1 Å². The summed E-state index contributed by atoms with van der Waals surface area (Å²) in [5.74, 6) is 1.06. The fraction of sp³-hybridized carbons (Fsp3) is 0.562. The minimum absolute atomic E-state index is 0.237. The van der Waals surface area contributed by atoms with Crippen molar-refractivity contribution >= 4 is 17.3 Å². The number of rotatable bonds is 6. The molecule has 1 atom stereocenters. The molecule has 1 aliphatic carbocycles. The van der Waals surface area contributed by atoms with E-state index in [1.165, 1.54) is 16.7 Å². The highest BCUT2D eigenvalue weighted by Gasteiger charge is 2.23. The van der Waals surface area contributed by atoms with Crippen LogP contribution in [0.25, 0.3) is 0 Å². The van der Waals surface area contributed by atoms with Crippen LogP contribution in [0.3, 0.4) is 0 Å². The zero-order chi connectivity index (χ0) is 14.5. The number of benzene rings is 1. The van der Waals surface area contributed by atoms with Crippen LogP contribution >= 0.6 is 12.2 Å². The summed E-state index contributed by atoms with van der Waals surface area (Å²) in [6.45, 7) is 2.72. The summed E-state index contributed by atoms with van der Waals surface area (Å²) in [6.07, 6.45) is 4.64. The Labute approximate surface area is 126 Å². The highest BCUT2D eigenvalue weighted by Crippen LogP contribution is 2.34. The topological polar surface area (TPSA) is 44.5 Å². The van der Waals surface area contributed by atoms with Gasteiger partial charge in [0.05, 0.1) is 13.7 Å². The number of nitrogens with two attached hydrogens (primary N) is 1. The quantitative estimate of drug-likeness (QED) is 0.819. The van der Waals surface area contributed by atoms with Gasteiger partial charge < -0.3 is 15.2 Å². The summed E-state index contributed by atoms with van der Waals surface area (Å²) in [5.41, 5.74) is 9.99. The molecule has 0 saturated heterocycles. The molecule has 3 nitrogen and oxygen atoms in total. The first-order chi connectivity index (χ1) is 9.65. The third kappa shape index (κ3) is 3.49. The molecule has 2 rings (SSSR count). The minimum atomic E-state index is 0.237. The summed E-state index contributed by atoms with van der Waals surface area (Å²) >= 11 is 5.08. The van der Waals surface area contributed by atoms with Gasteiger partial charge in [-0.15, -0.1) is 0 Å². The van der Waals surface area contributed by atoms with E-state index in [0.717, 1.165) is 37.9 Å². The van der Waals surface area contributed by atoms with Crippen molar-refractivity contribution in [1.29, 1.82) is 0 Å². The first kappa shape index (κ1) is 15.3. The zero-order valence-electron chi connectivity index (χ0n) is 12.3. The standard InChI is InChI=1S/C16H23NO2S/c1-3-19-16-11(5-4-6-15(20)18-2)7-8-12-9-13(17)10-14(12)16/h7-8,13H,3-6,9-10,17H2,1-2H3. The van der Waals surface area contributed by atoms with Crippen LogP contribution in [0, 0.1) is 0 Å². The Hall–Kier alpha value is -1.13. The highest BCUT2D eigenvalue weighted by molar-refractivity contribution is 7.80. The molecule has 1 unspecified atom stereocenters. The fourth-order valence-electron chi connectivity index (χ4n) is 2.80. The first-order valence-electron chi connectivity index (χ1n) is 7.24. The first-order valence-corrected chi connectivity index (χ1v) is 7.65. The predicted octanol–water partition coefficient (Wildman–Crippen LogP) is 2.81. The molecule has 4 heteroatoms. The lowest BCUT2D eigenvalue weighted by molar-refractivity contribution is 0.332. The lowest BCUT2D eigenvalue weighted by Crippen LogP contribution is -2.19. The van der Waals surface area contributed by atoms with Gasteiger partial charge in [-0.2, -0.15) is 0 Å². The predicted molar refractivity (Wildman–Crippen MR) is 85.5 cm³/mol. The minimum Gasteiger partial charge on any atom is -0.493 e. The monoisotopic (exact) mass is 293 g/mol. The molecule has 0 radical (unpaired) electrons. The molecule has 0 amide bonds. The van der Waals surface area contributed by atoms with Gasteiger partial charge in [0.1, 0.15) is 5.75 Å². The third-order valence-corrected chi connectivity index (χ3v) is 4.10. The average Bonchev–Trinajstić information content (AvgIpc) is 2.81. The largest absolute Gasteiger partial charge is 0.493 e. The molecular weight excluding hydrogens is 270 g/mol. The Kier molecular flexibility index (Phi) is 5.38. The molecule has 110 valence electrons. The van der Waals surface area contributed by atoms with Crippen molar-refractivity contribution in [2.45, 2.75) is 45.1 Å². The Morgan fingerprint density at radius 2 is 2.20 bits per heavy atom. The lowest BCUT2D eigenvalue weighted by Gasteiger charge is -2.15. The van der Waals surface area contributed by atoms with E-state index < -0.39 is 0 Å². The maximum atomic E-state index is 6.07. The van der Waals surface area contributed by atoms with Gasteiger partial charge in [0.25, 0.3) is 0 Å². The van der Waals surface area contributed by atoms with Crippen molar-refractivity contribution in [2.75, 3.05) is 13.7 Å². The fourth-order valence-corrected chi connectivity index (χ4v) is 2.94. The number of ether oxygens (including phenoxy) is 2. The Balaban J connectivity index is 2.12. The number of hydrogen-bond acceptors (Lipinski definition) is 4. The maximum absolute atomic E-state index is 6.07. The van der Waals surface area contributed by atoms with Crippen LogP contribution in [0.4, 0.5) is 0 Å². The average molecular weight is 293 g/mol. The second-order valence-corrected chi connectivity index (χ2v) is 5.68. The van der Waals surface area contributed by atoms with Gasteiger partial charge in [0, 0.05) is 12.5 Å². The van der Waals surface area contributed by atoms with Gasteiger partial charge in [-0.05, 0) is 61.5 Å². The summed E-state index contributed by atoms with van der Waals surface area (Å²) in [7, 11) is 1.63. The molecule has 20 heavy (non-hydrogen) atoms. The molecule has 0 spiro atoms. The van der Waals surface area contributed by atoms with Crippen molar-refractivity contribution in [3.05, 3.63) is 28.8 Å². The molecule has 1 aliphatic rings. The van der Waals surface area contributed by atoms with E-state index in [4.69, 9.17) is 27.4 Å². The van der Waals surface area contributed by atoms with Gasteiger partial charge in [-0.3, -0.25) is 0 Å². The van der Waals surface area contributed by atoms with Crippen LogP contribution in [0.2, 0.25) is 0 Å². The van der Waals surface area contributed by atoms with Crippen LogP contribution in [0.1, 0.15) is 36.5 Å². The van der Waals surface area contributed by atoms with Crippen LogP contribution in [-0.4, -0.2) is 24.8 Å². The number of hydrogen-bond donors (Lipinski definition) is 1. The van der Waals surface area contributed by atoms with E-state index in [1.54, 1.807) is 7.11 Å². The number of methoxy groups -OCH3 is 1. The molecule has 0 fully saturated rings. The van der Waals surface area contributed by atoms with Crippen LogP contribution in [-0.2, 0) is 24.0 Å². The van der Waals surface area contributed by atoms with Crippen molar-refractivity contribution in [3.63, 3.8) is 0 Å². The van der Waals surface area contributed by atoms with Crippen molar-refractivity contribution in [2.24, 2.45) is 5.73 Å². The lowest BCUT2D eigenvalue weighted by atomic mass is 10.0. The van der Waals surface area contributed by atoms with Gasteiger partial charge in [0.2, 0.25) is 0 Å². The second kappa shape index (κ2) is 7.04. The van der Waals surface area contributed by atoms with E-state index in [2.05, 4.69) is 12.1 Å². The molecule has 0 heterocycles. The summed E-state index contributed by atoms with van der Waals surface area (Å²) in [6, 6.07) is 4.62. The molecule has 1 aromatic carbocycles. The SMILES string of the molecule is CCOc1c(CCCC(=S)OC)ccc2c1CC(N)C2. The van der Waals surface area contributed by atoms with E-state index in [0.29, 0.717) is 11.7 Å². The summed E-state index contributed by atoms with van der Waals surface area (Å²) in [5, 5.41) is 0.672. The molecular formula is C16H23NO2S. The number of thiocarbonyl (C=S) groups is 1. The molecule has 0 saturated carbocycles. The number of aryl methyl sites for hydroxylation is 1. The van der Waals surface area contributed by atoms with Crippen LogP contribution in [0.15, 0.2) is 12.1 Å². The summed E-state index contributed by atoms with van der Waals surface area (Å²) < 4.78 is 10.9. The van der Waals surface area contributed by atoms with E-state index in [1.807, 2.05) is 6.92 Å². The van der Waals surface area contributed by atoms with Gasteiger partial charge in [-0.25, -0.2) is 0 Å². The third-order valence-electron chi connectivity index (χ3n) is 3.73. The smallest absolute Gasteiger partial charge is 0.159 e. The normalized spacial score (nSPS) is 16.9. The van der Waals surface area contributed by atoms with E-state index >= 15 is 0 Å². The molecule has 1 aromatic rings. The number of fused-ring (bicyclic) bond motifs is 1. The second-order valence-electron chi connectivity index (χ2n) is 5.22. The Morgan fingerprint density at radius 3 is 2.90 bits per heavy atom. The Morgan fingerprint density at radius 1 is 1.40 bits per heavy atom. The van der Waals surface area contributed by atoms with Gasteiger partial charge in [0.15, 0.2) is 5.05 Å². The molecule has 0 aliphatic heterocycles. The van der Waals surface area contributed by atoms with Crippen molar-refractivity contribution in [3.8, 4) is 5.75 Å². The van der Waals surface area contributed by atoms with Crippen LogP contribution < -0.4 is 10.5 Å². The zero-order valence-corrected chi connectivity index (χ0v) is 13.1. The van der Waals surface area contributed by atoms with E-state index in [9.17, 15) is 0 Å². The molecule has 2 N–H and O–H groups in total.